The van der Waals surface area contributed by atoms with Crippen LogP contribution in [0.4, 0.5) is 0 Å². The van der Waals surface area contributed by atoms with Crippen molar-refractivity contribution in [3.8, 4) is 0 Å². The summed E-state index contributed by atoms with van der Waals surface area (Å²) in [6.07, 6.45) is 0. The van der Waals surface area contributed by atoms with E-state index in [9.17, 15) is 0 Å². The van der Waals surface area contributed by atoms with Crippen LogP contribution in [0.25, 0.3) is 0 Å². The van der Waals surface area contributed by atoms with Gasteiger partial charge in [0.05, 0.1) is 0 Å². The Hall–Kier alpha value is 0. The van der Waals surface area contributed by atoms with Gasteiger partial charge in [-0.25, -0.2) is 0 Å². The lowest BCUT2D eigenvalue weighted by molar-refractivity contribution is 2.50. The van der Waals surface area contributed by atoms with E-state index in [1.807, 2.05) is 0 Å². The minimum atomic E-state index is 0. The second-order valence-electron chi connectivity index (χ2n) is 0. The van der Waals surface area contributed by atoms with Gasteiger partial charge in [-0.2, -0.15) is 0 Å². The highest BCUT2D eigenvalue weighted by Gasteiger charge is -0.0616. The zero-order valence-corrected chi connectivity index (χ0v) is 0. The number of hydrogen-bond donors (Lipinski definition) is 0. The van der Waals surface area contributed by atoms with Crippen LogP contribution in [0.3, 0.4) is 0 Å². The Bertz CT molecular complexity index is 0. The molecule has 17 heavy (non-hydrogen) atoms. The van der Waals surface area contributed by atoms with Crippen molar-refractivity contribution in [1.29, 1.82) is 0 Å². The molecule has 0 aliphatic rings. The van der Waals surface area contributed by atoms with E-state index in [1.165, 1.54) is 0 Å². The molecule has 0 bridgehead atoms. The molecule has 0 aromatic carbocycles. The van der Waals surface area contributed by atoms with E-state index in [2.05, 4.69) is 0 Å². The Balaban J connectivity index is 0. The predicted octanol–water partition coefficient (Wildman–Crippen LogP) is 10.8. The van der Waals surface area contributed by atoms with Crippen LogP contribution in [-0.2, 0) is 0 Å². The van der Waals surface area contributed by atoms with E-state index < -0.39 is 0 Å². The van der Waals surface area contributed by atoms with Gasteiger partial charge in [-0.05, 0) is 0 Å². The van der Waals surface area contributed by atoms with E-state index in [4.69, 9.17) is 0 Å². The molecule has 0 unspecified atom stereocenters. The standard InChI is InChI=1S/17CH4/h17*1H4. The maximum Gasteiger partial charge on any atom is -0.0776 e. The van der Waals surface area contributed by atoms with Crippen LogP contribution in [0.5, 0.6) is 0 Å². The van der Waals surface area contributed by atoms with E-state index in [-0.39, 0.29) is 126 Å². The van der Waals surface area contributed by atoms with Crippen molar-refractivity contribution < 1.29 is 0 Å². The zero-order chi connectivity index (χ0) is 0. The highest BCUT2D eigenvalue weighted by Crippen LogP contribution is 0.160. The molecule has 0 amide bonds. The molecule has 0 nitrogen and oxygen atoms in total. The molecule has 0 heterocycles. The lowest BCUT2D eigenvalue weighted by atomic mass is 12.0. The van der Waals surface area contributed by atoms with Gasteiger partial charge in [0.25, 0.3) is 0 Å². The molecule has 0 rings (SSSR count). The van der Waals surface area contributed by atoms with Crippen molar-refractivity contribution in [3.63, 3.8) is 0 Å². The van der Waals surface area contributed by atoms with Crippen molar-refractivity contribution in [2.45, 2.75) is 126 Å². The quantitative estimate of drug-likeness (QED) is 0.411. The van der Waals surface area contributed by atoms with Gasteiger partial charge in [-0.15, -0.1) is 0 Å². The predicted molar refractivity (Wildman–Crippen MR) is 114 cm³/mol. The fraction of sp³-hybridized carbons (Fsp3) is 1.00. The summed E-state index contributed by atoms with van der Waals surface area (Å²) < 4.78 is 0. The molecule has 0 aliphatic heterocycles. The van der Waals surface area contributed by atoms with Crippen molar-refractivity contribution in [2.24, 2.45) is 0 Å². The van der Waals surface area contributed by atoms with E-state index in [0.717, 1.165) is 0 Å². The van der Waals surface area contributed by atoms with Gasteiger partial charge >= 0.3 is 0 Å². The molecule has 0 atom stereocenters. The first-order valence-electron chi connectivity index (χ1n) is 0. The minimum Gasteiger partial charge on any atom is -0.0776 e. The van der Waals surface area contributed by atoms with Gasteiger partial charge in [0.1, 0.15) is 0 Å². The van der Waals surface area contributed by atoms with Gasteiger partial charge in [-0.1, -0.05) is 126 Å². The molecule has 0 saturated carbocycles. The van der Waals surface area contributed by atoms with E-state index >= 15 is 0 Å². The van der Waals surface area contributed by atoms with Crippen molar-refractivity contribution >= 4 is 0 Å². The molecular weight excluding hydrogens is 204 g/mol. The molecular formula is C17H68. The van der Waals surface area contributed by atoms with Crippen LogP contribution >= 0.6 is 0 Å². The van der Waals surface area contributed by atoms with Gasteiger partial charge in [0, 0.05) is 0 Å². The summed E-state index contributed by atoms with van der Waals surface area (Å²) in [5, 5.41) is 0. The Morgan fingerprint density at radius 1 is 0.0588 bits per heavy atom. The minimum absolute atomic E-state index is 0. The van der Waals surface area contributed by atoms with Crippen LogP contribution in [0.2, 0.25) is 0 Å². The smallest absolute Gasteiger partial charge is 0.0776 e. The first kappa shape index (κ1) is 0. The summed E-state index contributed by atoms with van der Waals surface area (Å²) in [7, 11) is 0. The number of hydrogen-bond acceptors (Lipinski definition) is 0. The van der Waals surface area contributed by atoms with Gasteiger partial charge in [0.15, 0.2) is 0 Å². The third kappa shape index (κ3) is 0. The highest BCUT2D eigenvalue weighted by atomic mass is 12.0. The molecule has 0 saturated heterocycles. The van der Waals surface area contributed by atoms with Gasteiger partial charge in [-0.3, -0.25) is 0 Å². The molecule has 0 heteroatoms. The maximum atomic E-state index is 0. The molecule has 0 spiro atoms. The Labute approximate surface area is 127 Å². The molecule has 0 radical (unpaired) electrons. The van der Waals surface area contributed by atoms with Gasteiger partial charge < -0.3 is 0 Å². The van der Waals surface area contributed by atoms with Crippen LogP contribution in [0.1, 0.15) is 126 Å². The number of rotatable bonds is 0. The molecule has 0 N–H and O–H groups in total. The van der Waals surface area contributed by atoms with Crippen molar-refractivity contribution in [1.82, 2.24) is 0 Å². The fourth-order valence-electron chi connectivity index (χ4n) is 0. The topological polar surface area (TPSA) is 0 Å². The monoisotopic (exact) mass is 273 g/mol. The molecule has 0 fully saturated rings. The first-order chi connectivity index (χ1) is 0. The third-order valence-electron chi connectivity index (χ3n) is 0. The van der Waals surface area contributed by atoms with Crippen LogP contribution in [0.15, 0.2) is 0 Å². The normalized spacial score (nSPS) is 0. The summed E-state index contributed by atoms with van der Waals surface area (Å²) in [5.41, 5.74) is 0. The Morgan fingerprint density at radius 3 is 0.0588 bits per heavy atom. The first-order valence-corrected chi connectivity index (χ1v) is 0. The molecule has 136 valence electrons. The zero-order valence-electron chi connectivity index (χ0n) is 0. The van der Waals surface area contributed by atoms with Crippen molar-refractivity contribution in [2.75, 3.05) is 0 Å². The summed E-state index contributed by atoms with van der Waals surface area (Å²) >= 11 is 0. The summed E-state index contributed by atoms with van der Waals surface area (Å²) in [6.45, 7) is 0. The summed E-state index contributed by atoms with van der Waals surface area (Å²) in [6, 6.07) is 0. The van der Waals surface area contributed by atoms with Crippen LogP contribution in [-0.4, -0.2) is 0 Å². The van der Waals surface area contributed by atoms with Crippen LogP contribution in [0, 0.1) is 0 Å². The van der Waals surface area contributed by atoms with Gasteiger partial charge in [0.2, 0.25) is 0 Å². The second kappa shape index (κ2) is 0. The maximum absolute atomic E-state index is 0. The summed E-state index contributed by atoms with van der Waals surface area (Å²) in [5.74, 6) is 0. The molecule has 0 aliphatic carbocycles. The van der Waals surface area contributed by atoms with Crippen molar-refractivity contribution in [3.05, 3.63) is 0 Å². The fourth-order valence-corrected chi connectivity index (χ4v) is 0. The molecule has 0 aromatic heterocycles. The Kier molecular flexibility index (Phi) is 0. The van der Waals surface area contributed by atoms with E-state index in [1.54, 1.807) is 0 Å². The largest absolute Gasteiger partial charge is 0.0776 e. The lowest BCUT2D eigenvalue weighted by Crippen LogP contribution is 0.143. The molecule has 0 aromatic rings. The average molecular weight is 273 g/mol. The summed E-state index contributed by atoms with van der Waals surface area (Å²) in [4.78, 5) is 0. The Morgan fingerprint density at radius 2 is 0.0588 bits per heavy atom. The van der Waals surface area contributed by atoms with E-state index in [0.29, 0.717) is 0 Å². The van der Waals surface area contributed by atoms with Crippen LogP contribution < -0.4 is 0 Å². The SMILES string of the molecule is C.C.C.C.C.C.C.C.C.C.C.C.C.C.C.C.C. The second-order valence-corrected chi connectivity index (χ2v) is 0. The third-order valence-corrected chi connectivity index (χ3v) is 0. The lowest BCUT2D eigenvalue weighted by Gasteiger charge is -0.0786. The highest BCUT2D eigenvalue weighted by molar-refractivity contribution is 2.52. The average Bonchev–Trinajstić information content (AvgIpc) is 0.